The topological polar surface area (TPSA) is 24.5 Å². The van der Waals surface area contributed by atoms with Gasteiger partial charge in [0.1, 0.15) is 5.75 Å². The van der Waals surface area contributed by atoms with Crippen molar-refractivity contribution in [1.29, 1.82) is 0 Å². The van der Waals surface area contributed by atoms with Gasteiger partial charge in [0.05, 0.1) is 7.11 Å². The number of benzene rings is 1. The van der Waals surface area contributed by atoms with Crippen molar-refractivity contribution in [3.05, 3.63) is 29.3 Å². The maximum atomic E-state index is 5.54. The molecule has 2 rings (SSSR count). The fourth-order valence-electron chi connectivity index (χ4n) is 2.96. The van der Waals surface area contributed by atoms with Crippen LogP contribution in [0.4, 0.5) is 0 Å². The maximum absolute atomic E-state index is 5.54. The van der Waals surface area contributed by atoms with Crippen LogP contribution in [0.1, 0.15) is 31.9 Å². The van der Waals surface area contributed by atoms with E-state index in [9.17, 15) is 0 Å². The van der Waals surface area contributed by atoms with E-state index in [1.54, 1.807) is 7.11 Å². The van der Waals surface area contributed by atoms with Crippen LogP contribution in [0.2, 0.25) is 0 Å². The standard InChI is InChI=1S/C18H30N2O/c1-18(2,3)14-15-5-6-17(21-4)16(13-15)7-10-20-11-8-19-9-12-20/h5-6,13,19H,7-12,14H2,1-4H3. The number of nitrogens with one attached hydrogen (secondary N) is 1. The van der Waals surface area contributed by atoms with Crippen molar-refractivity contribution < 1.29 is 4.74 Å². The maximum Gasteiger partial charge on any atom is 0.122 e. The van der Waals surface area contributed by atoms with E-state index in [1.807, 2.05) is 0 Å². The third-order valence-corrected chi connectivity index (χ3v) is 3.99. The lowest BCUT2D eigenvalue weighted by atomic mass is 9.87. The largest absolute Gasteiger partial charge is 0.496 e. The number of hydrogen-bond donors (Lipinski definition) is 1. The van der Waals surface area contributed by atoms with Crippen molar-refractivity contribution in [2.75, 3.05) is 39.8 Å². The van der Waals surface area contributed by atoms with Crippen molar-refractivity contribution in [3.63, 3.8) is 0 Å². The minimum absolute atomic E-state index is 0.324. The molecule has 21 heavy (non-hydrogen) atoms. The fraction of sp³-hybridized carbons (Fsp3) is 0.667. The Morgan fingerprint density at radius 1 is 1.19 bits per heavy atom. The average Bonchev–Trinajstić information content (AvgIpc) is 2.45. The molecule has 1 saturated heterocycles. The van der Waals surface area contributed by atoms with Crippen LogP contribution in [0.5, 0.6) is 5.75 Å². The van der Waals surface area contributed by atoms with Gasteiger partial charge >= 0.3 is 0 Å². The molecule has 1 aromatic carbocycles. The second-order valence-electron chi connectivity index (χ2n) is 7.23. The fourth-order valence-corrected chi connectivity index (χ4v) is 2.96. The molecule has 0 saturated carbocycles. The summed E-state index contributed by atoms with van der Waals surface area (Å²) in [4.78, 5) is 2.53. The summed E-state index contributed by atoms with van der Waals surface area (Å²) in [6.45, 7) is 12.5. The Morgan fingerprint density at radius 3 is 2.52 bits per heavy atom. The molecule has 0 spiro atoms. The number of piperazine rings is 1. The van der Waals surface area contributed by atoms with Gasteiger partial charge < -0.3 is 15.0 Å². The van der Waals surface area contributed by atoms with E-state index >= 15 is 0 Å². The smallest absolute Gasteiger partial charge is 0.122 e. The molecule has 1 aliphatic heterocycles. The van der Waals surface area contributed by atoms with E-state index in [0.29, 0.717) is 5.41 Å². The quantitative estimate of drug-likeness (QED) is 0.902. The van der Waals surface area contributed by atoms with Crippen LogP contribution in [0, 0.1) is 5.41 Å². The molecule has 0 aliphatic carbocycles. The van der Waals surface area contributed by atoms with E-state index in [1.165, 1.54) is 11.1 Å². The van der Waals surface area contributed by atoms with Gasteiger partial charge in [-0.3, -0.25) is 0 Å². The number of hydrogen-bond acceptors (Lipinski definition) is 3. The van der Waals surface area contributed by atoms with E-state index in [2.05, 4.69) is 49.2 Å². The number of rotatable bonds is 5. The van der Waals surface area contributed by atoms with Gasteiger partial charge in [0.2, 0.25) is 0 Å². The van der Waals surface area contributed by atoms with Gasteiger partial charge in [-0.2, -0.15) is 0 Å². The monoisotopic (exact) mass is 290 g/mol. The summed E-state index contributed by atoms with van der Waals surface area (Å²) in [6.07, 6.45) is 2.18. The summed E-state index contributed by atoms with van der Waals surface area (Å²) in [5.74, 6) is 1.03. The molecule has 1 N–H and O–H groups in total. The SMILES string of the molecule is COc1ccc(CC(C)(C)C)cc1CCN1CCNCC1. The molecule has 0 atom stereocenters. The van der Waals surface area contributed by atoms with Gasteiger partial charge in [0.25, 0.3) is 0 Å². The summed E-state index contributed by atoms with van der Waals surface area (Å²) in [5.41, 5.74) is 3.08. The molecule has 1 aliphatic rings. The molecule has 3 nitrogen and oxygen atoms in total. The summed E-state index contributed by atoms with van der Waals surface area (Å²) in [5, 5.41) is 3.40. The molecular weight excluding hydrogens is 260 g/mol. The van der Waals surface area contributed by atoms with Crippen LogP contribution in [0.25, 0.3) is 0 Å². The average molecular weight is 290 g/mol. The van der Waals surface area contributed by atoms with Crippen molar-refractivity contribution in [3.8, 4) is 5.75 Å². The number of methoxy groups -OCH3 is 1. The van der Waals surface area contributed by atoms with Crippen LogP contribution >= 0.6 is 0 Å². The third-order valence-electron chi connectivity index (χ3n) is 3.99. The third kappa shape index (κ3) is 5.33. The molecule has 118 valence electrons. The molecule has 1 heterocycles. The summed E-state index contributed by atoms with van der Waals surface area (Å²) >= 11 is 0. The van der Waals surface area contributed by atoms with E-state index in [4.69, 9.17) is 4.74 Å². The first-order valence-corrected chi connectivity index (χ1v) is 8.07. The molecular formula is C18H30N2O. The number of ether oxygens (including phenoxy) is 1. The highest BCUT2D eigenvalue weighted by Crippen LogP contribution is 2.26. The van der Waals surface area contributed by atoms with E-state index < -0.39 is 0 Å². The highest BCUT2D eigenvalue weighted by Gasteiger charge is 2.14. The molecule has 0 amide bonds. The summed E-state index contributed by atoms with van der Waals surface area (Å²) in [7, 11) is 1.77. The van der Waals surface area contributed by atoms with E-state index in [-0.39, 0.29) is 0 Å². The van der Waals surface area contributed by atoms with Gasteiger partial charge in [-0.05, 0) is 35.4 Å². The Balaban J connectivity index is 2.02. The highest BCUT2D eigenvalue weighted by atomic mass is 16.5. The minimum atomic E-state index is 0.324. The molecule has 1 fully saturated rings. The first kappa shape index (κ1) is 16.3. The van der Waals surface area contributed by atoms with Gasteiger partial charge in [-0.25, -0.2) is 0 Å². The van der Waals surface area contributed by atoms with E-state index in [0.717, 1.165) is 51.3 Å². The highest BCUT2D eigenvalue weighted by molar-refractivity contribution is 5.38. The van der Waals surface area contributed by atoms with Crippen molar-refractivity contribution in [2.45, 2.75) is 33.6 Å². The van der Waals surface area contributed by atoms with Gasteiger partial charge in [-0.15, -0.1) is 0 Å². The molecule has 0 bridgehead atoms. The Morgan fingerprint density at radius 2 is 1.90 bits per heavy atom. The summed E-state index contributed by atoms with van der Waals surface area (Å²) in [6, 6.07) is 6.68. The Bertz CT molecular complexity index is 445. The second kappa shape index (κ2) is 7.28. The van der Waals surface area contributed by atoms with Crippen molar-refractivity contribution >= 4 is 0 Å². The molecule has 3 heteroatoms. The summed E-state index contributed by atoms with van der Waals surface area (Å²) < 4.78 is 5.54. The van der Waals surface area contributed by atoms with Crippen LogP contribution in [0.3, 0.4) is 0 Å². The van der Waals surface area contributed by atoms with Gasteiger partial charge in [0.15, 0.2) is 0 Å². The predicted molar refractivity (Wildman–Crippen MR) is 89.2 cm³/mol. The van der Waals surface area contributed by atoms with Crippen molar-refractivity contribution in [1.82, 2.24) is 10.2 Å². The van der Waals surface area contributed by atoms with Crippen LogP contribution < -0.4 is 10.1 Å². The Kier molecular flexibility index (Phi) is 5.65. The lowest BCUT2D eigenvalue weighted by molar-refractivity contribution is 0.243. The second-order valence-corrected chi connectivity index (χ2v) is 7.23. The van der Waals surface area contributed by atoms with Gasteiger partial charge in [-0.1, -0.05) is 32.9 Å². The number of nitrogens with zero attached hydrogens (tertiary/aromatic N) is 1. The first-order valence-electron chi connectivity index (χ1n) is 8.07. The van der Waals surface area contributed by atoms with Crippen LogP contribution in [-0.2, 0) is 12.8 Å². The lowest BCUT2D eigenvalue weighted by Gasteiger charge is -2.27. The van der Waals surface area contributed by atoms with Crippen LogP contribution in [0.15, 0.2) is 18.2 Å². The van der Waals surface area contributed by atoms with Gasteiger partial charge in [0, 0.05) is 32.7 Å². The van der Waals surface area contributed by atoms with Crippen LogP contribution in [-0.4, -0.2) is 44.7 Å². The Labute approximate surface area is 129 Å². The zero-order chi connectivity index (χ0) is 15.3. The zero-order valence-electron chi connectivity index (χ0n) is 14.0. The molecule has 0 unspecified atom stereocenters. The molecule has 1 aromatic rings. The predicted octanol–water partition coefficient (Wildman–Crippen LogP) is 2.73. The molecule has 0 radical (unpaired) electrons. The van der Waals surface area contributed by atoms with Crippen molar-refractivity contribution in [2.24, 2.45) is 5.41 Å². The zero-order valence-corrected chi connectivity index (χ0v) is 14.0. The minimum Gasteiger partial charge on any atom is -0.496 e. The normalized spacial score (nSPS) is 17.0. The molecule has 0 aromatic heterocycles. The first-order chi connectivity index (χ1) is 9.98. The Hall–Kier alpha value is -1.06. The lowest BCUT2D eigenvalue weighted by Crippen LogP contribution is -2.44.